The van der Waals surface area contributed by atoms with Gasteiger partial charge in [-0.1, -0.05) is 13.8 Å². The fourth-order valence-corrected chi connectivity index (χ4v) is 0.974. The Morgan fingerprint density at radius 2 is 1.71 bits per heavy atom. The fourth-order valence-electron chi connectivity index (χ4n) is 0.974. The van der Waals surface area contributed by atoms with Crippen molar-refractivity contribution in [1.29, 1.82) is 0 Å². The van der Waals surface area contributed by atoms with Gasteiger partial charge in [-0.15, -0.1) is 0 Å². The molecule has 4 nitrogen and oxygen atoms in total. The van der Waals surface area contributed by atoms with Gasteiger partial charge in [-0.05, 0) is 18.8 Å². The molecule has 86 valence electrons. The zero-order valence-corrected chi connectivity index (χ0v) is 9.91. The second-order valence-electron chi connectivity index (χ2n) is 4.82. The molecule has 1 N–H and O–H groups in total. The molecule has 0 saturated carbocycles. The van der Waals surface area contributed by atoms with Crippen LogP contribution in [0.3, 0.4) is 0 Å². The number of quaternary nitrogens is 1. The molecule has 0 aromatic heterocycles. The van der Waals surface area contributed by atoms with Gasteiger partial charge in [0, 0.05) is 0 Å². The van der Waals surface area contributed by atoms with Crippen LogP contribution < -0.4 is 5.11 Å². The van der Waals surface area contributed by atoms with Gasteiger partial charge in [0.2, 0.25) is 6.16 Å². The highest BCUT2D eigenvalue weighted by atomic mass is 16.6. The number of carbonyl (C=O) groups is 1. The molecule has 0 saturated heterocycles. The molecule has 0 unspecified atom stereocenters. The maximum absolute atomic E-state index is 8.44. The average molecular weight is 205 g/mol. The molecule has 0 rings (SSSR count). The molecule has 4 heteroatoms. The molecule has 0 spiro atoms. The minimum atomic E-state index is -2.08. The summed E-state index contributed by atoms with van der Waals surface area (Å²) in [5.41, 5.74) is 0. The Morgan fingerprint density at radius 3 is 1.93 bits per heavy atom. The third kappa shape index (κ3) is 30.3. The number of hydrogen-bond acceptors (Lipinski definition) is 2. The van der Waals surface area contributed by atoms with Crippen molar-refractivity contribution in [2.24, 2.45) is 5.92 Å². The van der Waals surface area contributed by atoms with Crippen LogP contribution in [-0.4, -0.2) is 43.4 Å². The maximum Gasteiger partial charge on any atom is 0.249 e. The first-order chi connectivity index (χ1) is 6.15. The summed E-state index contributed by atoms with van der Waals surface area (Å²) in [6, 6.07) is 0. The highest BCUT2D eigenvalue weighted by Crippen LogP contribution is 2.05. The van der Waals surface area contributed by atoms with Crippen molar-refractivity contribution >= 4 is 6.16 Å². The summed E-state index contributed by atoms with van der Waals surface area (Å²) >= 11 is 0. The Morgan fingerprint density at radius 1 is 1.36 bits per heavy atom. The second kappa shape index (κ2) is 7.62. The largest absolute Gasteiger partial charge is 0.565 e. The van der Waals surface area contributed by atoms with Crippen molar-refractivity contribution in [2.45, 2.75) is 26.7 Å². The molecular weight excluding hydrogens is 182 g/mol. The van der Waals surface area contributed by atoms with Crippen LogP contribution in [0.4, 0.5) is 4.79 Å². The van der Waals surface area contributed by atoms with Crippen LogP contribution in [0.2, 0.25) is 0 Å². The van der Waals surface area contributed by atoms with E-state index in [9.17, 15) is 0 Å². The Kier molecular flexibility index (Phi) is 8.54. The predicted molar refractivity (Wildman–Crippen MR) is 55.0 cm³/mol. The van der Waals surface area contributed by atoms with Crippen LogP contribution in [0.25, 0.3) is 0 Å². The van der Waals surface area contributed by atoms with E-state index in [1.807, 2.05) is 0 Å². The summed E-state index contributed by atoms with van der Waals surface area (Å²) in [4.78, 5) is 8.44. The third-order valence-electron chi connectivity index (χ3n) is 1.61. The van der Waals surface area contributed by atoms with Crippen molar-refractivity contribution < 1.29 is 19.5 Å². The molecule has 14 heavy (non-hydrogen) atoms. The van der Waals surface area contributed by atoms with Crippen molar-refractivity contribution in [2.75, 3.05) is 27.7 Å². The molecule has 0 aliphatic heterocycles. The second-order valence-corrected chi connectivity index (χ2v) is 4.82. The van der Waals surface area contributed by atoms with Crippen LogP contribution in [0, 0.1) is 5.92 Å². The summed E-state index contributed by atoms with van der Waals surface area (Å²) in [6.45, 7) is 5.88. The molecule has 0 aromatic rings. The van der Waals surface area contributed by atoms with E-state index >= 15 is 0 Å². The minimum Gasteiger partial charge on any atom is -0.565 e. The van der Waals surface area contributed by atoms with E-state index in [1.54, 1.807) is 0 Å². The van der Waals surface area contributed by atoms with Crippen molar-refractivity contribution in [3.8, 4) is 0 Å². The van der Waals surface area contributed by atoms with E-state index in [-0.39, 0.29) is 0 Å². The summed E-state index contributed by atoms with van der Waals surface area (Å²) in [6.07, 6.45) is 0.649. The van der Waals surface area contributed by atoms with E-state index in [0.29, 0.717) is 0 Å². The van der Waals surface area contributed by atoms with Gasteiger partial charge < -0.3 is 19.5 Å². The lowest BCUT2D eigenvalue weighted by molar-refractivity contribution is -0.870. The predicted octanol–water partition coefficient (Wildman–Crippen LogP) is 1.02. The van der Waals surface area contributed by atoms with Crippen molar-refractivity contribution in [3.05, 3.63) is 0 Å². The molecular formula is C10H23NO3. The van der Waals surface area contributed by atoms with E-state index < -0.39 is 6.16 Å². The maximum atomic E-state index is 8.44. The van der Waals surface area contributed by atoms with Gasteiger partial charge in [0.25, 0.3) is 0 Å². The van der Waals surface area contributed by atoms with Gasteiger partial charge in [0.05, 0.1) is 27.7 Å². The Balaban J connectivity index is 0. The molecule has 0 bridgehead atoms. The number of hydrogen-bond donors (Lipinski definition) is 1. The van der Waals surface area contributed by atoms with E-state index in [0.717, 1.165) is 10.4 Å². The highest BCUT2D eigenvalue weighted by Gasteiger charge is 2.05. The molecule has 0 fully saturated rings. The van der Waals surface area contributed by atoms with Crippen molar-refractivity contribution in [1.82, 2.24) is 0 Å². The Bertz CT molecular complexity index is 146. The third-order valence-corrected chi connectivity index (χ3v) is 1.61. The zero-order valence-electron chi connectivity index (χ0n) is 9.91. The number of nitrogens with zero attached hydrogens (tertiary/aromatic N) is 1. The van der Waals surface area contributed by atoms with Gasteiger partial charge >= 0.3 is 0 Å². The van der Waals surface area contributed by atoms with Gasteiger partial charge in [-0.25, -0.2) is 0 Å². The topological polar surface area (TPSA) is 60.4 Å². The average Bonchev–Trinajstić information content (AvgIpc) is 1.80. The molecule has 0 heterocycles. The lowest BCUT2D eigenvalue weighted by atomic mass is 10.1. The summed E-state index contributed by atoms with van der Waals surface area (Å²) in [7, 11) is 6.75. The van der Waals surface area contributed by atoms with Crippen LogP contribution >= 0.6 is 0 Å². The van der Waals surface area contributed by atoms with Gasteiger partial charge in [-0.2, -0.15) is 0 Å². The first-order valence-corrected chi connectivity index (χ1v) is 4.85. The molecule has 0 amide bonds. The van der Waals surface area contributed by atoms with Crippen LogP contribution in [0.1, 0.15) is 26.7 Å². The summed E-state index contributed by atoms with van der Waals surface area (Å²) in [5, 5.41) is 15.3. The lowest BCUT2D eigenvalue weighted by Crippen LogP contribution is -2.35. The Labute approximate surface area is 86.7 Å². The van der Waals surface area contributed by atoms with Crippen LogP contribution in [0.5, 0.6) is 0 Å². The standard InChI is InChI=1S/C9H22N.CH2O3/c1-9(2)7-6-8-10(3,4)5;2-1(3)4/h9H,6-8H2,1-5H3;(H2,2,3,4)/q+1;/p-1. The van der Waals surface area contributed by atoms with Gasteiger partial charge in [0.1, 0.15) is 0 Å². The van der Waals surface area contributed by atoms with Crippen molar-refractivity contribution in [3.63, 3.8) is 0 Å². The molecule has 0 aromatic carbocycles. The molecule has 0 aliphatic carbocycles. The zero-order chi connectivity index (χ0) is 11.8. The Hall–Kier alpha value is -0.770. The SMILES string of the molecule is CC(C)CCC[N+](C)(C)C.O=C([O-])O. The normalized spacial score (nSPS) is 10.7. The monoisotopic (exact) mass is 205 g/mol. The van der Waals surface area contributed by atoms with E-state index in [4.69, 9.17) is 15.0 Å². The number of rotatable bonds is 4. The molecule has 0 radical (unpaired) electrons. The number of carboxylic acid groups (broad SMARTS) is 2. The smallest absolute Gasteiger partial charge is 0.249 e. The van der Waals surface area contributed by atoms with Gasteiger partial charge in [0.15, 0.2) is 0 Å². The van der Waals surface area contributed by atoms with E-state index in [2.05, 4.69) is 35.0 Å². The summed E-state index contributed by atoms with van der Waals surface area (Å²) < 4.78 is 1.10. The van der Waals surface area contributed by atoms with Crippen LogP contribution in [0.15, 0.2) is 0 Å². The fraction of sp³-hybridized carbons (Fsp3) is 0.900. The summed E-state index contributed by atoms with van der Waals surface area (Å²) in [5.74, 6) is 0.867. The first kappa shape index (κ1) is 15.7. The highest BCUT2D eigenvalue weighted by molar-refractivity contribution is 5.50. The first-order valence-electron chi connectivity index (χ1n) is 4.85. The molecule has 0 atom stereocenters. The quantitative estimate of drug-likeness (QED) is 0.697. The van der Waals surface area contributed by atoms with Crippen LogP contribution in [-0.2, 0) is 0 Å². The molecule has 0 aliphatic rings. The minimum absolute atomic E-state index is 0.867. The van der Waals surface area contributed by atoms with Gasteiger partial charge in [-0.3, -0.25) is 0 Å². The lowest BCUT2D eigenvalue weighted by Gasteiger charge is -2.24. The van der Waals surface area contributed by atoms with E-state index in [1.165, 1.54) is 19.4 Å².